The molecule has 1 atom stereocenters. The number of carbonyl (C=O) groups is 1. The number of carbonyl (C=O) groups excluding carboxylic acids is 1. The predicted octanol–water partition coefficient (Wildman–Crippen LogP) is 2.80. The first-order valence-electron chi connectivity index (χ1n) is 10.2. The van der Waals surface area contributed by atoms with Gasteiger partial charge in [-0.15, -0.1) is 5.10 Å². The van der Waals surface area contributed by atoms with E-state index in [4.69, 9.17) is 0 Å². The summed E-state index contributed by atoms with van der Waals surface area (Å²) in [5, 5.41) is 12.5. The summed E-state index contributed by atoms with van der Waals surface area (Å²) in [6.45, 7) is 8.16. The number of benzene rings is 2. The molecule has 0 saturated carbocycles. The van der Waals surface area contributed by atoms with Gasteiger partial charge in [0.05, 0.1) is 10.9 Å². The molecule has 4 rings (SSSR count). The number of amides is 1. The number of para-hydroxylation sites is 1. The molecule has 2 heterocycles. The molecule has 1 aliphatic heterocycles. The molecule has 2 aromatic carbocycles. The summed E-state index contributed by atoms with van der Waals surface area (Å²) < 4.78 is 1.71. The summed E-state index contributed by atoms with van der Waals surface area (Å²) in [4.78, 5) is 17.4. The Hall–Kier alpha value is -2.71. The Morgan fingerprint density at radius 1 is 1.03 bits per heavy atom. The van der Waals surface area contributed by atoms with Crippen molar-refractivity contribution in [2.45, 2.75) is 30.8 Å². The molecular formula is C22H26N6OS. The molecule has 1 aliphatic rings. The molecule has 1 unspecified atom stereocenters. The molecule has 8 heteroatoms. The highest BCUT2D eigenvalue weighted by molar-refractivity contribution is 8.00. The standard InChI is InChI=1S/C22H26N6OS/c1-17-8-6-7-11-20(17)28-22(23-24-25-28)30-18(2)21(29)27-14-12-26(13-15-27)16-19-9-4-3-5-10-19/h3-11,18H,12-16H2,1-2H3. The quantitative estimate of drug-likeness (QED) is 0.569. The highest BCUT2D eigenvalue weighted by Gasteiger charge is 2.27. The van der Waals surface area contributed by atoms with Crippen LogP contribution in [0.5, 0.6) is 0 Å². The number of hydrogen-bond acceptors (Lipinski definition) is 6. The maximum atomic E-state index is 13.0. The number of piperazine rings is 1. The van der Waals surface area contributed by atoms with E-state index in [-0.39, 0.29) is 11.2 Å². The molecule has 1 saturated heterocycles. The van der Waals surface area contributed by atoms with E-state index >= 15 is 0 Å². The van der Waals surface area contributed by atoms with Crippen LogP contribution in [0, 0.1) is 6.92 Å². The van der Waals surface area contributed by atoms with Gasteiger partial charge in [-0.05, 0) is 41.5 Å². The van der Waals surface area contributed by atoms with Crippen molar-refractivity contribution in [2.75, 3.05) is 26.2 Å². The van der Waals surface area contributed by atoms with Gasteiger partial charge >= 0.3 is 0 Å². The number of rotatable bonds is 6. The molecule has 0 spiro atoms. The van der Waals surface area contributed by atoms with Gasteiger partial charge in [-0.1, -0.05) is 60.3 Å². The van der Waals surface area contributed by atoms with Crippen molar-refractivity contribution in [3.8, 4) is 5.69 Å². The summed E-state index contributed by atoms with van der Waals surface area (Å²) in [5.41, 5.74) is 3.32. The zero-order chi connectivity index (χ0) is 20.9. The molecule has 7 nitrogen and oxygen atoms in total. The van der Waals surface area contributed by atoms with Crippen molar-refractivity contribution < 1.29 is 4.79 Å². The maximum absolute atomic E-state index is 13.0. The summed E-state index contributed by atoms with van der Waals surface area (Å²) in [6.07, 6.45) is 0. The van der Waals surface area contributed by atoms with Gasteiger partial charge in [0.2, 0.25) is 11.1 Å². The van der Waals surface area contributed by atoms with E-state index in [1.165, 1.54) is 17.3 Å². The minimum absolute atomic E-state index is 0.138. The zero-order valence-electron chi connectivity index (χ0n) is 17.3. The van der Waals surface area contributed by atoms with Crippen molar-refractivity contribution in [1.82, 2.24) is 30.0 Å². The van der Waals surface area contributed by atoms with E-state index < -0.39 is 0 Å². The van der Waals surface area contributed by atoms with Gasteiger partial charge in [-0.3, -0.25) is 9.69 Å². The first-order chi connectivity index (χ1) is 14.6. The van der Waals surface area contributed by atoms with E-state index in [0.29, 0.717) is 5.16 Å². The Morgan fingerprint density at radius 3 is 2.47 bits per heavy atom. The van der Waals surface area contributed by atoms with E-state index in [9.17, 15) is 4.79 Å². The minimum Gasteiger partial charge on any atom is -0.339 e. The van der Waals surface area contributed by atoms with Crippen LogP contribution in [0.2, 0.25) is 0 Å². The number of aryl methyl sites for hydroxylation is 1. The lowest BCUT2D eigenvalue weighted by atomic mass is 10.2. The molecule has 0 aliphatic carbocycles. The lowest BCUT2D eigenvalue weighted by molar-refractivity contribution is -0.132. The predicted molar refractivity (Wildman–Crippen MR) is 118 cm³/mol. The third kappa shape index (κ3) is 4.71. The van der Waals surface area contributed by atoms with Crippen LogP contribution < -0.4 is 0 Å². The number of nitrogens with zero attached hydrogens (tertiary/aromatic N) is 6. The van der Waals surface area contributed by atoms with Crippen LogP contribution in [0.15, 0.2) is 59.8 Å². The molecule has 1 aromatic heterocycles. The highest BCUT2D eigenvalue weighted by Crippen LogP contribution is 2.25. The van der Waals surface area contributed by atoms with Gasteiger partial charge in [-0.25, -0.2) is 0 Å². The third-order valence-corrected chi connectivity index (χ3v) is 6.37. The maximum Gasteiger partial charge on any atom is 0.235 e. The largest absolute Gasteiger partial charge is 0.339 e. The van der Waals surface area contributed by atoms with Crippen LogP contribution in [0.3, 0.4) is 0 Å². The Balaban J connectivity index is 1.34. The highest BCUT2D eigenvalue weighted by atomic mass is 32.2. The van der Waals surface area contributed by atoms with Crippen LogP contribution in [0.25, 0.3) is 5.69 Å². The summed E-state index contributed by atoms with van der Waals surface area (Å²) in [5.74, 6) is 0.138. The van der Waals surface area contributed by atoms with Gasteiger partial charge in [0.25, 0.3) is 0 Å². The van der Waals surface area contributed by atoms with E-state index in [0.717, 1.165) is 44.0 Å². The number of aromatic nitrogens is 4. The second-order valence-electron chi connectivity index (χ2n) is 7.51. The first-order valence-corrected chi connectivity index (χ1v) is 11.1. The lowest BCUT2D eigenvalue weighted by Crippen LogP contribution is -2.50. The van der Waals surface area contributed by atoms with E-state index in [1.807, 2.05) is 49.1 Å². The second kappa shape index (κ2) is 9.40. The molecule has 0 radical (unpaired) electrons. The van der Waals surface area contributed by atoms with Gasteiger partial charge in [0, 0.05) is 32.7 Å². The van der Waals surface area contributed by atoms with E-state index in [2.05, 4.69) is 44.7 Å². The van der Waals surface area contributed by atoms with Crippen molar-refractivity contribution in [2.24, 2.45) is 0 Å². The number of thioether (sulfide) groups is 1. The van der Waals surface area contributed by atoms with E-state index in [1.54, 1.807) is 4.68 Å². The average Bonchev–Trinajstić information content (AvgIpc) is 3.22. The molecule has 0 N–H and O–H groups in total. The molecule has 3 aromatic rings. The van der Waals surface area contributed by atoms with Gasteiger partial charge < -0.3 is 4.90 Å². The molecular weight excluding hydrogens is 396 g/mol. The van der Waals surface area contributed by atoms with Gasteiger partial charge in [0.1, 0.15) is 0 Å². The molecule has 156 valence electrons. The molecule has 1 amide bonds. The van der Waals surface area contributed by atoms with Crippen LogP contribution in [0.4, 0.5) is 0 Å². The monoisotopic (exact) mass is 422 g/mol. The average molecular weight is 423 g/mol. The van der Waals surface area contributed by atoms with Crippen LogP contribution in [-0.4, -0.2) is 67.3 Å². The minimum atomic E-state index is -0.251. The normalized spacial score (nSPS) is 15.9. The Bertz CT molecular complexity index is 984. The topological polar surface area (TPSA) is 67.2 Å². The Kier molecular flexibility index (Phi) is 6.44. The second-order valence-corrected chi connectivity index (χ2v) is 8.81. The smallest absolute Gasteiger partial charge is 0.235 e. The van der Waals surface area contributed by atoms with Crippen molar-refractivity contribution in [1.29, 1.82) is 0 Å². The van der Waals surface area contributed by atoms with Crippen LogP contribution in [-0.2, 0) is 11.3 Å². The summed E-state index contributed by atoms with van der Waals surface area (Å²) >= 11 is 1.41. The fourth-order valence-electron chi connectivity index (χ4n) is 3.64. The molecule has 1 fully saturated rings. The van der Waals surface area contributed by atoms with Gasteiger partial charge in [-0.2, -0.15) is 4.68 Å². The molecule has 30 heavy (non-hydrogen) atoms. The number of tetrazole rings is 1. The third-order valence-electron chi connectivity index (χ3n) is 5.35. The Labute approximate surface area is 181 Å². The lowest BCUT2D eigenvalue weighted by Gasteiger charge is -2.35. The fourth-order valence-corrected chi connectivity index (χ4v) is 4.52. The van der Waals surface area contributed by atoms with Gasteiger partial charge in [0.15, 0.2) is 0 Å². The van der Waals surface area contributed by atoms with Crippen molar-refractivity contribution in [3.63, 3.8) is 0 Å². The SMILES string of the molecule is Cc1ccccc1-n1nnnc1SC(C)C(=O)N1CCN(Cc2ccccc2)CC1. The summed E-state index contributed by atoms with van der Waals surface area (Å²) in [6, 6.07) is 18.4. The Morgan fingerprint density at radius 2 is 1.73 bits per heavy atom. The summed E-state index contributed by atoms with van der Waals surface area (Å²) in [7, 11) is 0. The van der Waals surface area contributed by atoms with Crippen molar-refractivity contribution >= 4 is 17.7 Å². The first kappa shape index (κ1) is 20.6. The van der Waals surface area contributed by atoms with Crippen LogP contribution >= 0.6 is 11.8 Å². The van der Waals surface area contributed by atoms with Crippen molar-refractivity contribution in [3.05, 3.63) is 65.7 Å². The zero-order valence-corrected chi connectivity index (χ0v) is 18.1. The number of hydrogen-bond donors (Lipinski definition) is 0. The van der Waals surface area contributed by atoms with Crippen LogP contribution in [0.1, 0.15) is 18.1 Å². The fraction of sp³-hybridized carbons (Fsp3) is 0.364. The molecule has 0 bridgehead atoms.